The molecule has 7 heteroatoms. The largest absolute Gasteiger partial charge is 0.485 e. The van der Waals surface area contributed by atoms with Gasteiger partial charge in [-0.05, 0) is 80.0 Å². The van der Waals surface area contributed by atoms with E-state index in [1.807, 2.05) is 42.8 Å². The van der Waals surface area contributed by atoms with Gasteiger partial charge in [0.15, 0.2) is 11.0 Å². The Hall–Kier alpha value is -2.80. The summed E-state index contributed by atoms with van der Waals surface area (Å²) in [6.07, 6.45) is 4.82. The zero-order chi connectivity index (χ0) is 21.8. The van der Waals surface area contributed by atoms with Crippen LogP contribution < -0.4 is 10.1 Å². The lowest BCUT2D eigenvalue weighted by molar-refractivity contribution is -0.113. The van der Waals surface area contributed by atoms with Crippen LogP contribution in [0.5, 0.6) is 5.75 Å². The molecule has 0 unspecified atom stereocenters. The summed E-state index contributed by atoms with van der Waals surface area (Å²) in [5.41, 5.74) is 6.05. The summed E-state index contributed by atoms with van der Waals surface area (Å²) in [4.78, 5) is 12.3. The first-order valence-corrected chi connectivity index (χ1v) is 11.6. The van der Waals surface area contributed by atoms with E-state index in [1.165, 1.54) is 41.3 Å². The van der Waals surface area contributed by atoms with Crippen molar-refractivity contribution in [1.29, 1.82) is 0 Å². The number of fused-ring (bicyclic) bond motifs is 1. The van der Waals surface area contributed by atoms with Crippen molar-refractivity contribution in [2.24, 2.45) is 7.05 Å². The highest BCUT2D eigenvalue weighted by molar-refractivity contribution is 7.99. The van der Waals surface area contributed by atoms with E-state index in [9.17, 15) is 4.79 Å². The SMILES string of the molecule is Cc1cccc(NC(=O)CSc2nnc(COc3ccc4c(c3C)CCCC4)n2C)c1. The van der Waals surface area contributed by atoms with Crippen LogP contribution in [0.3, 0.4) is 0 Å². The molecule has 6 nitrogen and oxygen atoms in total. The predicted molar refractivity (Wildman–Crippen MR) is 124 cm³/mol. The molecular formula is C24H28N4O2S. The molecular weight excluding hydrogens is 408 g/mol. The summed E-state index contributed by atoms with van der Waals surface area (Å²) in [5, 5.41) is 12.1. The van der Waals surface area contributed by atoms with E-state index in [-0.39, 0.29) is 11.7 Å². The smallest absolute Gasteiger partial charge is 0.234 e. The Balaban J connectivity index is 1.34. The molecule has 0 radical (unpaired) electrons. The molecule has 1 amide bonds. The number of anilines is 1. The van der Waals surface area contributed by atoms with Gasteiger partial charge in [0.05, 0.1) is 5.75 Å². The van der Waals surface area contributed by atoms with Gasteiger partial charge in [-0.25, -0.2) is 0 Å². The van der Waals surface area contributed by atoms with Gasteiger partial charge in [0.2, 0.25) is 5.91 Å². The number of nitrogens with zero attached hydrogens (tertiary/aromatic N) is 3. The third kappa shape index (κ3) is 5.10. The van der Waals surface area contributed by atoms with Crippen LogP contribution in [-0.4, -0.2) is 26.4 Å². The highest BCUT2D eigenvalue weighted by atomic mass is 32.2. The quantitative estimate of drug-likeness (QED) is 0.547. The Bertz CT molecular complexity index is 1090. The summed E-state index contributed by atoms with van der Waals surface area (Å²) >= 11 is 1.36. The van der Waals surface area contributed by atoms with Crippen LogP contribution in [-0.2, 0) is 31.3 Å². The van der Waals surface area contributed by atoms with Crippen molar-refractivity contribution in [3.05, 3.63) is 64.5 Å². The van der Waals surface area contributed by atoms with E-state index in [0.29, 0.717) is 11.8 Å². The van der Waals surface area contributed by atoms with E-state index in [0.717, 1.165) is 35.7 Å². The molecule has 0 aliphatic heterocycles. The summed E-state index contributed by atoms with van der Waals surface area (Å²) in [7, 11) is 1.90. The van der Waals surface area contributed by atoms with Gasteiger partial charge < -0.3 is 14.6 Å². The van der Waals surface area contributed by atoms with Crippen molar-refractivity contribution < 1.29 is 9.53 Å². The number of carbonyl (C=O) groups is 1. The van der Waals surface area contributed by atoms with E-state index < -0.39 is 0 Å². The monoisotopic (exact) mass is 436 g/mol. The number of thioether (sulfide) groups is 1. The van der Waals surface area contributed by atoms with Gasteiger partial charge in [0, 0.05) is 12.7 Å². The number of benzene rings is 2. The summed E-state index contributed by atoms with van der Waals surface area (Å²) in [5.74, 6) is 1.85. The van der Waals surface area contributed by atoms with Gasteiger partial charge in [-0.3, -0.25) is 4.79 Å². The zero-order valence-corrected chi connectivity index (χ0v) is 19.1. The Morgan fingerprint density at radius 2 is 2.00 bits per heavy atom. The topological polar surface area (TPSA) is 69.0 Å². The molecule has 31 heavy (non-hydrogen) atoms. The third-order valence-corrected chi connectivity index (χ3v) is 6.70. The number of rotatable bonds is 7. The van der Waals surface area contributed by atoms with Crippen molar-refractivity contribution in [2.45, 2.75) is 51.3 Å². The van der Waals surface area contributed by atoms with E-state index >= 15 is 0 Å². The van der Waals surface area contributed by atoms with Gasteiger partial charge in [-0.2, -0.15) is 0 Å². The molecule has 1 aliphatic rings. The normalized spacial score (nSPS) is 13.0. The van der Waals surface area contributed by atoms with Crippen LogP contribution in [0.2, 0.25) is 0 Å². The molecule has 1 N–H and O–H groups in total. The fourth-order valence-corrected chi connectivity index (χ4v) is 4.67. The summed E-state index contributed by atoms with van der Waals surface area (Å²) < 4.78 is 7.97. The Morgan fingerprint density at radius 3 is 2.84 bits per heavy atom. The van der Waals surface area contributed by atoms with Crippen molar-refractivity contribution in [3.8, 4) is 5.75 Å². The molecule has 162 valence electrons. The minimum atomic E-state index is -0.0684. The van der Waals surface area contributed by atoms with Crippen LogP contribution >= 0.6 is 11.8 Å². The highest BCUT2D eigenvalue weighted by Crippen LogP contribution is 2.31. The average Bonchev–Trinajstić information content (AvgIpc) is 3.11. The minimum absolute atomic E-state index is 0.0684. The number of aromatic nitrogens is 3. The maximum absolute atomic E-state index is 12.3. The maximum atomic E-state index is 12.3. The Morgan fingerprint density at radius 1 is 1.16 bits per heavy atom. The standard InChI is InChI=1S/C24H28N4O2S/c1-16-7-6-9-19(13-16)25-23(29)15-31-24-27-26-22(28(24)3)14-30-21-12-11-18-8-4-5-10-20(18)17(21)2/h6-7,9,11-13H,4-5,8,10,14-15H2,1-3H3,(H,25,29). The average molecular weight is 437 g/mol. The Labute approximate surface area is 187 Å². The molecule has 0 saturated carbocycles. The van der Waals surface area contributed by atoms with Crippen LogP contribution in [0.15, 0.2) is 41.6 Å². The fourth-order valence-electron chi connectivity index (χ4n) is 3.94. The van der Waals surface area contributed by atoms with E-state index in [4.69, 9.17) is 4.74 Å². The molecule has 0 saturated heterocycles. The predicted octanol–water partition coefficient (Wildman–Crippen LogP) is 4.62. The number of ether oxygens (including phenoxy) is 1. The van der Waals surface area contributed by atoms with Gasteiger partial charge in [-0.15, -0.1) is 10.2 Å². The lowest BCUT2D eigenvalue weighted by atomic mass is 9.88. The van der Waals surface area contributed by atoms with Crippen LogP contribution in [0.1, 0.15) is 40.9 Å². The van der Waals surface area contributed by atoms with Crippen molar-refractivity contribution in [2.75, 3.05) is 11.1 Å². The number of hydrogen-bond acceptors (Lipinski definition) is 5. The number of carbonyl (C=O) groups excluding carboxylic acids is 1. The summed E-state index contributed by atoms with van der Waals surface area (Å²) in [6.45, 7) is 4.49. The fraction of sp³-hybridized carbons (Fsp3) is 0.375. The zero-order valence-electron chi connectivity index (χ0n) is 18.3. The molecule has 4 rings (SSSR count). The molecule has 0 fully saturated rings. The molecule has 2 aromatic carbocycles. The van der Waals surface area contributed by atoms with Gasteiger partial charge >= 0.3 is 0 Å². The molecule has 1 heterocycles. The first kappa shape index (κ1) is 21.4. The molecule has 0 atom stereocenters. The second-order valence-electron chi connectivity index (χ2n) is 7.99. The molecule has 3 aromatic rings. The Kier molecular flexibility index (Phi) is 6.61. The van der Waals surface area contributed by atoms with Gasteiger partial charge in [0.25, 0.3) is 0 Å². The number of aryl methyl sites for hydroxylation is 2. The molecule has 0 bridgehead atoms. The van der Waals surface area contributed by atoms with Gasteiger partial charge in [0.1, 0.15) is 12.4 Å². The summed E-state index contributed by atoms with van der Waals surface area (Å²) in [6, 6.07) is 12.0. The first-order chi connectivity index (χ1) is 15.0. The van der Waals surface area contributed by atoms with Crippen molar-refractivity contribution >= 4 is 23.4 Å². The van der Waals surface area contributed by atoms with E-state index in [2.05, 4.69) is 34.6 Å². The second-order valence-corrected chi connectivity index (χ2v) is 8.93. The van der Waals surface area contributed by atoms with Crippen LogP contribution in [0.25, 0.3) is 0 Å². The molecule has 0 spiro atoms. The second kappa shape index (κ2) is 9.56. The van der Waals surface area contributed by atoms with Crippen molar-refractivity contribution in [1.82, 2.24) is 14.8 Å². The number of amides is 1. The number of nitrogens with one attached hydrogen (secondary N) is 1. The minimum Gasteiger partial charge on any atom is -0.485 e. The van der Waals surface area contributed by atoms with Crippen LogP contribution in [0.4, 0.5) is 5.69 Å². The highest BCUT2D eigenvalue weighted by Gasteiger charge is 2.16. The lowest BCUT2D eigenvalue weighted by Gasteiger charge is -2.20. The van der Waals surface area contributed by atoms with E-state index in [1.54, 1.807) is 0 Å². The lowest BCUT2D eigenvalue weighted by Crippen LogP contribution is -2.14. The van der Waals surface area contributed by atoms with Gasteiger partial charge in [-0.1, -0.05) is 30.0 Å². The van der Waals surface area contributed by atoms with Crippen LogP contribution in [0, 0.1) is 13.8 Å². The first-order valence-electron chi connectivity index (χ1n) is 10.6. The maximum Gasteiger partial charge on any atom is 0.234 e. The third-order valence-electron chi connectivity index (χ3n) is 5.68. The number of hydrogen-bond donors (Lipinski definition) is 1. The molecule has 1 aromatic heterocycles. The molecule has 1 aliphatic carbocycles. The van der Waals surface area contributed by atoms with Crippen molar-refractivity contribution in [3.63, 3.8) is 0 Å².